The van der Waals surface area contributed by atoms with Gasteiger partial charge in [-0.05, 0) is 42.9 Å². The summed E-state index contributed by atoms with van der Waals surface area (Å²) < 4.78 is 5.77. The van der Waals surface area contributed by atoms with E-state index in [4.69, 9.17) is 4.74 Å². The number of carbonyl (C=O) groups is 1. The van der Waals surface area contributed by atoms with E-state index < -0.39 is 0 Å². The van der Waals surface area contributed by atoms with Crippen LogP contribution in [0.5, 0.6) is 5.75 Å². The number of hydrogen-bond acceptors (Lipinski definition) is 3. The number of amides is 1. The number of thioether (sulfide) groups is 1. The molecule has 0 bridgehead atoms. The van der Waals surface area contributed by atoms with Crippen molar-refractivity contribution in [3.63, 3.8) is 0 Å². The van der Waals surface area contributed by atoms with Crippen molar-refractivity contribution in [1.82, 2.24) is 5.32 Å². The molecule has 0 unspecified atom stereocenters. The third-order valence-corrected chi connectivity index (χ3v) is 5.86. The van der Waals surface area contributed by atoms with Crippen molar-refractivity contribution in [1.29, 1.82) is 0 Å². The third kappa shape index (κ3) is 6.39. The second kappa shape index (κ2) is 9.97. The first-order valence-electron chi connectivity index (χ1n) is 9.18. The van der Waals surface area contributed by atoms with E-state index in [1.807, 2.05) is 24.8 Å². The highest BCUT2D eigenvalue weighted by Crippen LogP contribution is 2.28. The quantitative estimate of drug-likeness (QED) is 0.693. The van der Waals surface area contributed by atoms with E-state index in [0.29, 0.717) is 5.92 Å². The predicted molar refractivity (Wildman–Crippen MR) is 103 cm³/mol. The maximum absolute atomic E-state index is 12.0. The van der Waals surface area contributed by atoms with Gasteiger partial charge in [-0.15, -0.1) is 0 Å². The van der Waals surface area contributed by atoms with Crippen LogP contribution in [-0.4, -0.2) is 30.1 Å². The van der Waals surface area contributed by atoms with E-state index in [-0.39, 0.29) is 12.5 Å². The zero-order valence-corrected chi connectivity index (χ0v) is 16.1. The summed E-state index contributed by atoms with van der Waals surface area (Å²) in [7, 11) is 0. The van der Waals surface area contributed by atoms with Gasteiger partial charge in [0.1, 0.15) is 5.75 Å². The first kappa shape index (κ1) is 19.2. The largest absolute Gasteiger partial charge is 0.483 e. The molecule has 1 aromatic carbocycles. The molecule has 0 spiro atoms. The lowest BCUT2D eigenvalue weighted by Crippen LogP contribution is -2.31. The molecule has 0 saturated heterocycles. The molecule has 1 amide bonds. The number of hydrogen-bond donors (Lipinski definition) is 1. The highest BCUT2D eigenvalue weighted by molar-refractivity contribution is 7.99. The lowest BCUT2D eigenvalue weighted by molar-refractivity contribution is -0.122. The first-order valence-corrected chi connectivity index (χ1v) is 10.2. The van der Waals surface area contributed by atoms with Crippen LogP contribution in [-0.2, 0) is 4.79 Å². The maximum atomic E-state index is 12.0. The monoisotopic (exact) mass is 349 g/mol. The topological polar surface area (TPSA) is 38.3 Å². The molecule has 0 aromatic heterocycles. The van der Waals surface area contributed by atoms with Crippen molar-refractivity contribution in [2.24, 2.45) is 0 Å². The van der Waals surface area contributed by atoms with Crippen LogP contribution in [0.3, 0.4) is 0 Å². The normalized spacial score (nSPS) is 15.5. The molecule has 1 fully saturated rings. The van der Waals surface area contributed by atoms with Gasteiger partial charge in [-0.25, -0.2) is 0 Å². The van der Waals surface area contributed by atoms with Crippen LogP contribution in [0.15, 0.2) is 18.2 Å². The number of aryl methyl sites for hydroxylation is 1. The van der Waals surface area contributed by atoms with Crippen LogP contribution in [0.25, 0.3) is 0 Å². The van der Waals surface area contributed by atoms with Crippen molar-refractivity contribution in [2.45, 2.75) is 64.0 Å². The van der Waals surface area contributed by atoms with Gasteiger partial charge in [0.15, 0.2) is 6.61 Å². The summed E-state index contributed by atoms with van der Waals surface area (Å²) in [5.74, 6) is 2.18. The average molecular weight is 350 g/mol. The zero-order chi connectivity index (χ0) is 17.4. The summed E-state index contributed by atoms with van der Waals surface area (Å²) in [6, 6.07) is 6.19. The minimum Gasteiger partial charge on any atom is -0.483 e. The molecular weight excluding hydrogens is 318 g/mol. The van der Waals surface area contributed by atoms with Gasteiger partial charge < -0.3 is 10.1 Å². The van der Waals surface area contributed by atoms with Crippen LogP contribution in [0.2, 0.25) is 0 Å². The highest BCUT2D eigenvalue weighted by Gasteiger charge is 2.14. The van der Waals surface area contributed by atoms with E-state index in [1.54, 1.807) is 0 Å². The fourth-order valence-corrected chi connectivity index (χ4v) is 4.31. The minimum atomic E-state index is -0.0320. The SMILES string of the molecule is Cc1ccc(C(C)C)c(OCC(=O)NCCSC2CCCCC2)c1. The first-order chi connectivity index (χ1) is 11.6. The van der Waals surface area contributed by atoms with Crippen LogP contribution in [0, 0.1) is 6.92 Å². The van der Waals surface area contributed by atoms with Gasteiger partial charge in [0.25, 0.3) is 5.91 Å². The summed E-state index contributed by atoms with van der Waals surface area (Å²) >= 11 is 2.01. The molecule has 0 radical (unpaired) electrons. The Kier molecular flexibility index (Phi) is 7.97. The standard InChI is InChI=1S/C20H31NO2S/c1-15(2)18-10-9-16(3)13-19(18)23-14-20(22)21-11-12-24-17-7-5-4-6-8-17/h9-10,13,15,17H,4-8,11-12,14H2,1-3H3,(H,21,22). The smallest absolute Gasteiger partial charge is 0.257 e. The summed E-state index contributed by atoms with van der Waals surface area (Å²) in [5.41, 5.74) is 2.31. The molecule has 1 saturated carbocycles. The number of benzene rings is 1. The number of nitrogens with one attached hydrogen (secondary N) is 1. The Balaban J connectivity index is 1.68. The third-order valence-electron chi connectivity index (χ3n) is 4.48. The second-order valence-corrected chi connectivity index (χ2v) is 8.37. The van der Waals surface area contributed by atoms with Crippen molar-refractivity contribution in [3.05, 3.63) is 29.3 Å². The molecule has 3 nitrogen and oxygen atoms in total. The van der Waals surface area contributed by atoms with Crippen molar-refractivity contribution in [3.8, 4) is 5.75 Å². The number of carbonyl (C=O) groups excluding carboxylic acids is 1. The van der Waals surface area contributed by atoms with Gasteiger partial charge >= 0.3 is 0 Å². The van der Waals surface area contributed by atoms with E-state index in [1.165, 1.54) is 32.1 Å². The molecule has 24 heavy (non-hydrogen) atoms. The average Bonchev–Trinajstić information content (AvgIpc) is 2.57. The predicted octanol–water partition coefficient (Wildman–Crippen LogP) is 4.68. The summed E-state index contributed by atoms with van der Waals surface area (Å²) in [6.45, 7) is 7.14. The summed E-state index contributed by atoms with van der Waals surface area (Å²) in [5, 5.41) is 3.77. The molecule has 0 heterocycles. The summed E-state index contributed by atoms with van der Waals surface area (Å²) in [4.78, 5) is 12.0. The van der Waals surface area contributed by atoms with Crippen molar-refractivity contribution >= 4 is 17.7 Å². The Morgan fingerprint density at radius 1 is 1.29 bits per heavy atom. The molecule has 1 aromatic rings. The molecule has 1 N–H and O–H groups in total. The van der Waals surface area contributed by atoms with E-state index in [9.17, 15) is 4.79 Å². The Morgan fingerprint density at radius 3 is 2.75 bits per heavy atom. The van der Waals surface area contributed by atoms with Gasteiger partial charge in [-0.3, -0.25) is 4.79 Å². The highest BCUT2D eigenvalue weighted by atomic mass is 32.2. The molecule has 0 atom stereocenters. The van der Waals surface area contributed by atoms with E-state index >= 15 is 0 Å². The molecule has 134 valence electrons. The van der Waals surface area contributed by atoms with Crippen LogP contribution >= 0.6 is 11.8 Å². The molecular formula is C20H31NO2S. The van der Waals surface area contributed by atoms with Gasteiger partial charge in [0.05, 0.1) is 0 Å². The Labute approximate surface area is 150 Å². The Morgan fingerprint density at radius 2 is 2.04 bits per heavy atom. The van der Waals surface area contributed by atoms with Gasteiger partial charge in [0, 0.05) is 17.5 Å². The maximum Gasteiger partial charge on any atom is 0.257 e. The lowest BCUT2D eigenvalue weighted by Gasteiger charge is -2.20. The molecule has 0 aliphatic heterocycles. The van der Waals surface area contributed by atoms with Crippen LogP contribution < -0.4 is 10.1 Å². The number of rotatable bonds is 8. The fraction of sp³-hybridized carbons (Fsp3) is 0.650. The Bertz CT molecular complexity index is 524. The summed E-state index contributed by atoms with van der Waals surface area (Å²) in [6.07, 6.45) is 6.81. The van der Waals surface area contributed by atoms with E-state index in [2.05, 4.69) is 31.3 Å². The van der Waals surface area contributed by atoms with Gasteiger partial charge in [-0.1, -0.05) is 45.2 Å². The molecule has 1 aliphatic rings. The van der Waals surface area contributed by atoms with Gasteiger partial charge in [0.2, 0.25) is 0 Å². The zero-order valence-electron chi connectivity index (χ0n) is 15.3. The Hall–Kier alpha value is -1.16. The van der Waals surface area contributed by atoms with Crippen molar-refractivity contribution in [2.75, 3.05) is 18.9 Å². The fourth-order valence-electron chi connectivity index (χ4n) is 3.09. The molecule has 4 heteroatoms. The van der Waals surface area contributed by atoms with Gasteiger partial charge in [-0.2, -0.15) is 11.8 Å². The minimum absolute atomic E-state index is 0.0320. The molecule has 2 rings (SSSR count). The van der Waals surface area contributed by atoms with E-state index in [0.717, 1.165) is 34.4 Å². The van der Waals surface area contributed by atoms with Crippen LogP contribution in [0.1, 0.15) is 63.0 Å². The number of ether oxygens (including phenoxy) is 1. The molecule has 1 aliphatic carbocycles. The second-order valence-electron chi connectivity index (χ2n) is 6.97. The van der Waals surface area contributed by atoms with Crippen molar-refractivity contribution < 1.29 is 9.53 Å². The van der Waals surface area contributed by atoms with Crippen LogP contribution in [0.4, 0.5) is 0 Å². The lowest BCUT2D eigenvalue weighted by atomic mass is 10.0.